The third-order valence-corrected chi connectivity index (χ3v) is 3.09. The Morgan fingerprint density at radius 3 is 2.71 bits per heavy atom. The molecule has 2 N–H and O–H groups in total. The van der Waals surface area contributed by atoms with Crippen molar-refractivity contribution in [1.29, 1.82) is 0 Å². The van der Waals surface area contributed by atoms with Crippen LogP contribution in [-0.2, 0) is 6.42 Å². The minimum Gasteiger partial charge on any atom is -0.399 e. The van der Waals surface area contributed by atoms with Crippen LogP contribution in [0.1, 0.15) is 11.1 Å². The molecule has 4 nitrogen and oxygen atoms in total. The molecule has 2 aromatic rings. The SMILES string of the molecule is Nc1cc2c(c([N+](=O)[O-])c1)-c1ccccc1C2. The van der Waals surface area contributed by atoms with Gasteiger partial charge in [0.15, 0.2) is 0 Å². The third kappa shape index (κ3) is 1.38. The second-order valence-corrected chi connectivity index (χ2v) is 4.17. The second-order valence-electron chi connectivity index (χ2n) is 4.17. The lowest BCUT2D eigenvalue weighted by atomic mass is 10.0. The van der Waals surface area contributed by atoms with Gasteiger partial charge in [-0.15, -0.1) is 0 Å². The van der Waals surface area contributed by atoms with Gasteiger partial charge in [0.05, 0.1) is 10.5 Å². The zero-order valence-electron chi connectivity index (χ0n) is 9.01. The van der Waals surface area contributed by atoms with Gasteiger partial charge in [-0.3, -0.25) is 10.1 Å². The van der Waals surface area contributed by atoms with Crippen molar-refractivity contribution in [2.75, 3.05) is 5.73 Å². The van der Waals surface area contributed by atoms with E-state index in [1.807, 2.05) is 30.3 Å². The topological polar surface area (TPSA) is 69.2 Å². The largest absolute Gasteiger partial charge is 0.399 e. The van der Waals surface area contributed by atoms with Gasteiger partial charge in [0.25, 0.3) is 5.69 Å². The van der Waals surface area contributed by atoms with E-state index in [0.29, 0.717) is 5.69 Å². The van der Waals surface area contributed by atoms with Gasteiger partial charge in [-0.1, -0.05) is 24.3 Å². The fourth-order valence-electron chi connectivity index (χ4n) is 2.43. The van der Waals surface area contributed by atoms with Crippen LogP contribution in [-0.4, -0.2) is 4.92 Å². The number of rotatable bonds is 1. The van der Waals surface area contributed by atoms with Crippen LogP contribution in [0.2, 0.25) is 0 Å². The van der Waals surface area contributed by atoms with E-state index in [2.05, 4.69) is 0 Å². The average molecular weight is 226 g/mol. The predicted molar refractivity (Wildman–Crippen MR) is 65.8 cm³/mol. The first kappa shape index (κ1) is 9.84. The molecule has 1 aliphatic carbocycles. The van der Waals surface area contributed by atoms with Crippen molar-refractivity contribution in [2.24, 2.45) is 0 Å². The molecule has 0 aromatic heterocycles. The quantitative estimate of drug-likeness (QED) is 0.394. The van der Waals surface area contributed by atoms with Crippen LogP contribution in [0.4, 0.5) is 11.4 Å². The first-order chi connectivity index (χ1) is 8.16. The van der Waals surface area contributed by atoms with Crippen LogP contribution in [0.5, 0.6) is 0 Å². The molecule has 17 heavy (non-hydrogen) atoms. The average Bonchev–Trinajstić information content (AvgIpc) is 2.65. The Morgan fingerprint density at radius 2 is 1.94 bits per heavy atom. The van der Waals surface area contributed by atoms with Gasteiger partial charge in [-0.25, -0.2) is 0 Å². The van der Waals surface area contributed by atoms with Crippen LogP contribution < -0.4 is 5.73 Å². The number of nitrogens with zero attached hydrogens (tertiary/aromatic N) is 1. The summed E-state index contributed by atoms with van der Waals surface area (Å²) in [7, 11) is 0. The third-order valence-electron chi connectivity index (χ3n) is 3.09. The van der Waals surface area contributed by atoms with Crippen LogP contribution >= 0.6 is 0 Å². The minimum atomic E-state index is -0.364. The van der Waals surface area contributed by atoms with E-state index >= 15 is 0 Å². The highest BCUT2D eigenvalue weighted by atomic mass is 16.6. The minimum absolute atomic E-state index is 0.102. The summed E-state index contributed by atoms with van der Waals surface area (Å²) in [5.74, 6) is 0. The Hall–Kier alpha value is -2.36. The summed E-state index contributed by atoms with van der Waals surface area (Å²) in [5, 5.41) is 11.1. The molecule has 4 heteroatoms. The first-order valence-corrected chi connectivity index (χ1v) is 5.32. The molecule has 0 saturated carbocycles. The summed E-state index contributed by atoms with van der Waals surface area (Å²) >= 11 is 0. The highest BCUT2D eigenvalue weighted by Crippen LogP contribution is 2.43. The maximum Gasteiger partial charge on any atom is 0.279 e. The van der Waals surface area contributed by atoms with Crippen molar-refractivity contribution in [3.63, 3.8) is 0 Å². The zero-order valence-corrected chi connectivity index (χ0v) is 9.01. The van der Waals surface area contributed by atoms with Crippen molar-refractivity contribution in [2.45, 2.75) is 6.42 Å². The van der Waals surface area contributed by atoms with Gasteiger partial charge < -0.3 is 5.73 Å². The summed E-state index contributed by atoms with van der Waals surface area (Å²) in [5.41, 5.74) is 9.99. The highest BCUT2D eigenvalue weighted by Gasteiger charge is 2.27. The van der Waals surface area contributed by atoms with Crippen LogP contribution in [0.25, 0.3) is 11.1 Å². The zero-order chi connectivity index (χ0) is 12.0. The van der Waals surface area contributed by atoms with Crippen molar-refractivity contribution < 1.29 is 4.92 Å². The van der Waals surface area contributed by atoms with Gasteiger partial charge in [0.2, 0.25) is 0 Å². The van der Waals surface area contributed by atoms with E-state index in [1.165, 1.54) is 6.07 Å². The molecule has 0 saturated heterocycles. The van der Waals surface area contributed by atoms with Gasteiger partial charge in [0.1, 0.15) is 0 Å². The van der Waals surface area contributed by atoms with Crippen molar-refractivity contribution in [3.05, 3.63) is 57.6 Å². The predicted octanol–water partition coefficient (Wildman–Crippen LogP) is 2.75. The number of hydrogen-bond donors (Lipinski definition) is 1. The molecule has 0 radical (unpaired) electrons. The second kappa shape index (κ2) is 3.31. The number of nitrogens with two attached hydrogens (primary N) is 1. The number of nitro benzene ring substituents is 1. The molecule has 2 aromatic carbocycles. The smallest absolute Gasteiger partial charge is 0.279 e. The molecule has 0 heterocycles. The maximum atomic E-state index is 11.1. The Labute approximate surface area is 97.8 Å². The monoisotopic (exact) mass is 226 g/mol. The first-order valence-electron chi connectivity index (χ1n) is 5.32. The lowest BCUT2D eigenvalue weighted by Gasteiger charge is -2.03. The molecular weight excluding hydrogens is 216 g/mol. The number of anilines is 1. The van der Waals surface area contributed by atoms with E-state index in [1.54, 1.807) is 0 Å². The summed E-state index contributed by atoms with van der Waals surface area (Å²) < 4.78 is 0. The number of hydrogen-bond acceptors (Lipinski definition) is 3. The Balaban J connectivity index is 2.34. The number of nitro groups is 1. The highest BCUT2D eigenvalue weighted by molar-refractivity contribution is 5.85. The van der Waals surface area contributed by atoms with Crippen LogP contribution in [0.15, 0.2) is 36.4 Å². The Bertz CT molecular complexity index is 635. The molecule has 84 valence electrons. The number of fused-ring (bicyclic) bond motifs is 3. The fraction of sp³-hybridized carbons (Fsp3) is 0.0769. The Morgan fingerprint density at radius 1 is 1.18 bits per heavy atom. The fourth-order valence-corrected chi connectivity index (χ4v) is 2.43. The number of benzene rings is 2. The molecule has 0 spiro atoms. The van der Waals surface area contributed by atoms with E-state index in [-0.39, 0.29) is 10.6 Å². The standard InChI is InChI=1S/C13H10N2O2/c14-10-6-9-5-8-3-1-2-4-11(8)13(9)12(7-10)15(16)17/h1-4,6-7H,5,14H2. The van der Waals surface area contributed by atoms with Crippen LogP contribution in [0, 0.1) is 10.1 Å². The summed E-state index contributed by atoms with van der Waals surface area (Å²) in [4.78, 5) is 10.7. The van der Waals surface area contributed by atoms with E-state index in [4.69, 9.17) is 5.73 Å². The summed E-state index contributed by atoms with van der Waals surface area (Å²) in [6, 6.07) is 11.0. The normalized spacial score (nSPS) is 12.0. The van der Waals surface area contributed by atoms with Crippen LogP contribution in [0.3, 0.4) is 0 Å². The molecule has 0 fully saturated rings. The molecule has 0 atom stereocenters. The van der Waals surface area contributed by atoms with Gasteiger partial charge >= 0.3 is 0 Å². The van der Waals surface area contributed by atoms with Gasteiger partial charge in [-0.2, -0.15) is 0 Å². The molecule has 0 bridgehead atoms. The lowest BCUT2D eigenvalue weighted by Crippen LogP contribution is -1.95. The van der Waals surface area contributed by atoms with Gasteiger partial charge in [-0.05, 0) is 29.2 Å². The number of nitrogen functional groups attached to an aromatic ring is 1. The molecule has 3 rings (SSSR count). The Kier molecular flexibility index (Phi) is 1.92. The molecule has 0 unspecified atom stereocenters. The van der Waals surface area contributed by atoms with E-state index in [0.717, 1.165) is 28.7 Å². The molecule has 0 amide bonds. The maximum absolute atomic E-state index is 11.1. The van der Waals surface area contributed by atoms with Gasteiger partial charge in [0, 0.05) is 11.8 Å². The molecule has 1 aliphatic rings. The van der Waals surface area contributed by atoms with E-state index in [9.17, 15) is 10.1 Å². The summed E-state index contributed by atoms with van der Waals surface area (Å²) in [6.45, 7) is 0. The van der Waals surface area contributed by atoms with E-state index < -0.39 is 0 Å². The van der Waals surface area contributed by atoms with Crippen molar-refractivity contribution in [3.8, 4) is 11.1 Å². The lowest BCUT2D eigenvalue weighted by molar-refractivity contribution is -0.384. The summed E-state index contributed by atoms with van der Waals surface area (Å²) in [6.07, 6.45) is 0.720. The van der Waals surface area contributed by atoms with Crippen molar-refractivity contribution >= 4 is 11.4 Å². The van der Waals surface area contributed by atoms with Crippen molar-refractivity contribution in [1.82, 2.24) is 0 Å². The molecule has 0 aliphatic heterocycles. The molecular formula is C13H10N2O2.